The minimum absolute atomic E-state index is 0.187. The van der Waals surface area contributed by atoms with Crippen molar-refractivity contribution >= 4 is 0 Å². The number of hydrogen-bond donors (Lipinski definition) is 1. The zero-order chi connectivity index (χ0) is 17.9. The Bertz CT molecular complexity index is 857. The summed E-state index contributed by atoms with van der Waals surface area (Å²) in [6.45, 7) is 3.32. The van der Waals surface area contributed by atoms with Gasteiger partial charge in [0.05, 0.1) is 19.7 Å². The fraction of sp³-hybridized carbons (Fsp3) is 0.389. The van der Waals surface area contributed by atoms with Gasteiger partial charge in [0.15, 0.2) is 5.82 Å². The summed E-state index contributed by atoms with van der Waals surface area (Å²) in [5.74, 6) is 3.03. The number of nitrogens with one attached hydrogen (secondary N) is 1. The molecule has 0 radical (unpaired) electrons. The van der Waals surface area contributed by atoms with Gasteiger partial charge in [0.2, 0.25) is 0 Å². The molecule has 0 bridgehead atoms. The van der Waals surface area contributed by atoms with Gasteiger partial charge in [-0.05, 0) is 24.3 Å². The molecule has 1 aromatic carbocycles. The second-order valence-electron chi connectivity index (χ2n) is 6.33. The van der Waals surface area contributed by atoms with Crippen LogP contribution >= 0.6 is 0 Å². The number of imidazole rings is 1. The van der Waals surface area contributed by atoms with Crippen molar-refractivity contribution in [1.82, 2.24) is 29.9 Å². The number of rotatable bonds is 5. The van der Waals surface area contributed by atoms with Crippen LogP contribution in [0.25, 0.3) is 11.5 Å². The summed E-state index contributed by atoms with van der Waals surface area (Å²) >= 11 is 0. The predicted molar refractivity (Wildman–Crippen MR) is 95.5 cm³/mol. The second-order valence-corrected chi connectivity index (χ2v) is 6.33. The van der Waals surface area contributed by atoms with E-state index in [0.717, 1.165) is 36.8 Å². The van der Waals surface area contributed by atoms with Crippen LogP contribution < -0.4 is 10.1 Å². The van der Waals surface area contributed by atoms with E-state index in [1.165, 1.54) is 0 Å². The molecule has 1 unspecified atom stereocenters. The average molecular weight is 354 g/mol. The zero-order valence-corrected chi connectivity index (χ0v) is 14.9. The van der Waals surface area contributed by atoms with Crippen molar-refractivity contribution in [2.45, 2.75) is 12.6 Å². The van der Waals surface area contributed by atoms with Crippen LogP contribution in [0.3, 0.4) is 0 Å². The van der Waals surface area contributed by atoms with Crippen LogP contribution in [0.2, 0.25) is 0 Å². The van der Waals surface area contributed by atoms with Gasteiger partial charge in [-0.3, -0.25) is 4.90 Å². The highest BCUT2D eigenvalue weighted by Crippen LogP contribution is 2.24. The third-order valence-corrected chi connectivity index (χ3v) is 4.66. The number of aryl methyl sites for hydroxylation is 1. The lowest BCUT2D eigenvalue weighted by molar-refractivity contribution is 0.139. The van der Waals surface area contributed by atoms with Gasteiger partial charge >= 0.3 is 0 Å². The molecule has 1 aliphatic rings. The first-order valence-corrected chi connectivity index (χ1v) is 8.63. The number of hydrogen-bond acceptors (Lipinski definition) is 7. The summed E-state index contributed by atoms with van der Waals surface area (Å²) in [7, 11) is 3.66. The first kappa shape index (κ1) is 16.7. The number of aromatic nitrogens is 4. The molecule has 8 heteroatoms. The molecule has 1 N–H and O–H groups in total. The Morgan fingerprint density at radius 2 is 2.15 bits per heavy atom. The van der Waals surface area contributed by atoms with E-state index < -0.39 is 0 Å². The fourth-order valence-electron chi connectivity index (χ4n) is 3.24. The molecular formula is C18H22N6O2. The standard InChI is InChI=1S/C18H22N6O2/c1-23-9-8-20-17(23)15-11-19-7-10-24(15)12-16-21-18(26-22-16)13-3-5-14(25-2)6-4-13/h3-6,8-9,15,19H,7,10-12H2,1-2H3. The van der Waals surface area contributed by atoms with Gasteiger partial charge in [-0.2, -0.15) is 4.98 Å². The Morgan fingerprint density at radius 1 is 1.31 bits per heavy atom. The van der Waals surface area contributed by atoms with Crippen molar-refractivity contribution < 1.29 is 9.26 Å². The van der Waals surface area contributed by atoms with E-state index in [-0.39, 0.29) is 6.04 Å². The minimum Gasteiger partial charge on any atom is -0.497 e. The molecule has 4 rings (SSSR count). The Morgan fingerprint density at radius 3 is 2.88 bits per heavy atom. The van der Waals surface area contributed by atoms with E-state index in [1.807, 2.05) is 43.7 Å². The summed E-state index contributed by atoms with van der Waals surface area (Å²) in [4.78, 5) is 11.4. The normalized spacial score (nSPS) is 18.2. The molecule has 0 spiro atoms. The molecule has 1 saturated heterocycles. The van der Waals surface area contributed by atoms with Crippen LogP contribution in [0.15, 0.2) is 41.2 Å². The van der Waals surface area contributed by atoms with Crippen molar-refractivity contribution in [2.75, 3.05) is 26.7 Å². The summed E-state index contributed by atoms with van der Waals surface area (Å²) in [6, 6.07) is 7.78. The quantitative estimate of drug-likeness (QED) is 0.746. The van der Waals surface area contributed by atoms with Crippen LogP contribution in [-0.4, -0.2) is 51.3 Å². The van der Waals surface area contributed by atoms with Gasteiger partial charge in [-0.1, -0.05) is 5.16 Å². The molecule has 0 aliphatic carbocycles. The summed E-state index contributed by atoms with van der Waals surface area (Å²) in [5, 5.41) is 7.60. The molecule has 1 aliphatic heterocycles. The Balaban J connectivity index is 1.51. The number of nitrogens with zero attached hydrogens (tertiary/aromatic N) is 5. The SMILES string of the molecule is COc1ccc(-c2nc(CN3CCNCC3c3nccn3C)no2)cc1. The average Bonchev–Trinajstić information content (AvgIpc) is 3.31. The molecule has 1 fully saturated rings. The van der Waals surface area contributed by atoms with Crippen LogP contribution in [0.4, 0.5) is 0 Å². The van der Waals surface area contributed by atoms with Gasteiger partial charge in [0, 0.05) is 44.6 Å². The second kappa shape index (κ2) is 7.27. The summed E-state index contributed by atoms with van der Waals surface area (Å²) in [5.41, 5.74) is 0.880. The number of ether oxygens (including phenoxy) is 1. The van der Waals surface area contributed by atoms with Gasteiger partial charge in [-0.25, -0.2) is 4.98 Å². The summed E-state index contributed by atoms with van der Waals surface area (Å²) < 4.78 is 12.7. The lowest BCUT2D eigenvalue weighted by Gasteiger charge is -2.34. The highest BCUT2D eigenvalue weighted by Gasteiger charge is 2.28. The predicted octanol–water partition coefficient (Wildman–Crippen LogP) is 1.63. The number of piperazine rings is 1. The smallest absolute Gasteiger partial charge is 0.257 e. The zero-order valence-electron chi connectivity index (χ0n) is 14.9. The van der Waals surface area contributed by atoms with Crippen molar-refractivity contribution in [3.63, 3.8) is 0 Å². The molecular weight excluding hydrogens is 332 g/mol. The maximum absolute atomic E-state index is 5.45. The first-order chi connectivity index (χ1) is 12.7. The monoisotopic (exact) mass is 354 g/mol. The molecule has 0 amide bonds. The fourth-order valence-corrected chi connectivity index (χ4v) is 3.24. The third kappa shape index (κ3) is 3.33. The van der Waals surface area contributed by atoms with Crippen molar-refractivity contribution in [2.24, 2.45) is 7.05 Å². The van der Waals surface area contributed by atoms with Gasteiger partial charge in [0.1, 0.15) is 11.6 Å². The number of methoxy groups -OCH3 is 1. The van der Waals surface area contributed by atoms with Crippen LogP contribution in [-0.2, 0) is 13.6 Å². The summed E-state index contributed by atoms with van der Waals surface area (Å²) in [6.07, 6.45) is 3.80. The van der Waals surface area contributed by atoms with Crippen molar-refractivity contribution in [1.29, 1.82) is 0 Å². The van der Waals surface area contributed by atoms with Crippen LogP contribution in [0.5, 0.6) is 5.75 Å². The van der Waals surface area contributed by atoms with E-state index in [9.17, 15) is 0 Å². The Hall–Kier alpha value is -2.71. The van der Waals surface area contributed by atoms with Gasteiger partial charge in [-0.15, -0.1) is 0 Å². The largest absolute Gasteiger partial charge is 0.497 e. The number of benzene rings is 1. The van der Waals surface area contributed by atoms with E-state index in [2.05, 4.69) is 29.9 Å². The molecule has 1 atom stereocenters. The van der Waals surface area contributed by atoms with Crippen LogP contribution in [0.1, 0.15) is 17.7 Å². The molecule has 3 heterocycles. The third-order valence-electron chi connectivity index (χ3n) is 4.66. The maximum atomic E-state index is 5.45. The Kier molecular flexibility index (Phi) is 4.68. The molecule has 3 aromatic rings. The van der Waals surface area contributed by atoms with Gasteiger partial charge in [0.25, 0.3) is 5.89 Å². The first-order valence-electron chi connectivity index (χ1n) is 8.63. The van der Waals surface area contributed by atoms with E-state index in [1.54, 1.807) is 7.11 Å². The molecule has 136 valence electrons. The lowest BCUT2D eigenvalue weighted by Crippen LogP contribution is -2.46. The molecule has 26 heavy (non-hydrogen) atoms. The highest BCUT2D eigenvalue weighted by atomic mass is 16.5. The minimum atomic E-state index is 0.187. The molecule has 8 nitrogen and oxygen atoms in total. The Labute approximate surface area is 151 Å². The lowest BCUT2D eigenvalue weighted by atomic mass is 10.1. The topological polar surface area (TPSA) is 81.2 Å². The van der Waals surface area contributed by atoms with E-state index in [0.29, 0.717) is 18.3 Å². The van der Waals surface area contributed by atoms with Crippen molar-refractivity contribution in [3.8, 4) is 17.2 Å². The van der Waals surface area contributed by atoms with Gasteiger partial charge < -0.3 is 19.1 Å². The molecule has 0 saturated carbocycles. The van der Waals surface area contributed by atoms with E-state index in [4.69, 9.17) is 9.26 Å². The highest BCUT2D eigenvalue weighted by molar-refractivity contribution is 5.54. The van der Waals surface area contributed by atoms with Crippen molar-refractivity contribution in [3.05, 3.63) is 48.3 Å². The van der Waals surface area contributed by atoms with E-state index >= 15 is 0 Å². The molecule has 2 aromatic heterocycles. The van der Waals surface area contributed by atoms with Crippen LogP contribution in [0, 0.1) is 0 Å². The maximum Gasteiger partial charge on any atom is 0.257 e.